The highest BCUT2D eigenvalue weighted by atomic mass is 16.6. The molecule has 0 heterocycles. The van der Waals surface area contributed by atoms with Gasteiger partial charge in [0.15, 0.2) is 0 Å². The standard InChI is InChI=1S/C29H44N4O5/c1-9-11-12-19-33(26(36)22(17-18-23(30)34)31-27(37)38-29(6,7)8)24(25(35)32-28(3,4)5)21-15-13-20(10-2)14-16-21/h2,13-16,22,24H,9,11-12,17-19H2,1,3-8H3,(H2,30,34)(H,31,37)(H,32,35). The van der Waals surface area contributed by atoms with Gasteiger partial charge in [-0.2, -0.15) is 0 Å². The van der Waals surface area contributed by atoms with Crippen LogP contribution in [-0.2, 0) is 19.1 Å². The molecule has 0 spiro atoms. The molecule has 2 atom stereocenters. The first-order chi connectivity index (χ1) is 17.6. The van der Waals surface area contributed by atoms with Gasteiger partial charge < -0.3 is 26.0 Å². The third-order valence-corrected chi connectivity index (χ3v) is 5.41. The smallest absolute Gasteiger partial charge is 0.408 e. The predicted octanol–water partition coefficient (Wildman–Crippen LogP) is 3.80. The largest absolute Gasteiger partial charge is 0.444 e. The van der Waals surface area contributed by atoms with Gasteiger partial charge in [-0.25, -0.2) is 4.79 Å². The molecule has 210 valence electrons. The molecule has 9 heteroatoms. The molecule has 0 saturated carbocycles. The summed E-state index contributed by atoms with van der Waals surface area (Å²) >= 11 is 0. The van der Waals surface area contributed by atoms with Crippen molar-refractivity contribution in [3.05, 3.63) is 35.4 Å². The molecular weight excluding hydrogens is 484 g/mol. The number of carbonyl (C=O) groups is 4. The number of nitrogens with two attached hydrogens (primary N) is 1. The van der Waals surface area contributed by atoms with Crippen molar-refractivity contribution < 1.29 is 23.9 Å². The number of terminal acetylenes is 1. The third kappa shape index (κ3) is 11.7. The van der Waals surface area contributed by atoms with Gasteiger partial charge >= 0.3 is 6.09 Å². The van der Waals surface area contributed by atoms with E-state index in [4.69, 9.17) is 16.9 Å². The Morgan fingerprint density at radius 3 is 2.13 bits per heavy atom. The van der Waals surface area contributed by atoms with Crippen LogP contribution in [0.4, 0.5) is 4.79 Å². The van der Waals surface area contributed by atoms with E-state index in [0.29, 0.717) is 17.5 Å². The Kier molecular flexibility index (Phi) is 12.3. The summed E-state index contributed by atoms with van der Waals surface area (Å²) in [6.45, 7) is 13.0. The second-order valence-corrected chi connectivity index (χ2v) is 11.4. The molecular formula is C29H44N4O5. The first-order valence-corrected chi connectivity index (χ1v) is 13.0. The van der Waals surface area contributed by atoms with Crippen molar-refractivity contribution in [2.45, 2.75) is 104 Å². The summed E-state index contributed by atoms with van der Waals surface area (Å²) in [6.07, 6.45) is 6.91. The summed E-state index contributed by atoms with van der Waals surface area (Å²) < 4.78 is 5.35. The Hall–Kier alpha value is -3.54. The van der Waals surface area contributed by atoms with Crippen LogP contribution in [-0.4, -0.2) is 52.4 Å². The molecule has 4 amide bonds. The van der Waals surface area contributed by atoms with E-state index in [0.717, 1.165) is 12.8 Å². The second-order valence-electron chi connectivity index (χ2n) is 11.4. The molecule has 1 aromatic rings. The first kappa shape index (κ1) is 32.5. The van der Waals surface area contributed by atoms with E-state index in [-0.39, 0.29) is 25.3 Å². The minimum Gasteiger partial charge on any atom is -0.444 e. The topological polar surface area (TPSA) is 131 Å². The number of nitrogens with one attached hydrogen (secondary N) is 2. The lowest BCUT2D eigenvalue weighted by Gasteiger charge is -2.36. The Bertz CT molecular complexity index is 1000. The summed E-state index contributed by atoms with van der Waals surface area (Å²) in [6, 6.07) is 4.75. The zero-order chi connectivity index (χ0) is 29.1. The molecule has 0 aliphatic rings. The average Bonchev–Trinajstić information content (AvgIpc) is 2.78. The zero-order valence-electron chi connectivity index (χ0n) is 23.8. The molecule has 0 bridgehead atoms. The fourth-order valence-electron chi connectivity index (χ4n) is 3.77. The summed E-state index contributed by atoms with van der Waals surface area (Å²) in [5, 5.41) is 5.57. The van der Waals surface area contributed by atoms with Crippen LogP contribution in [0.15, 0.2) is 24.3 Å². The summed E-state index contributed by atoms with van der Waals surface area (Å²) in [5.74, 6) is 1.06. The highest BCUT2D eigenvalue weighted by Crippen LogP contribution is 2.25. The molecule has 4 N–H and O–H groups in total. The number of alkyl carbamates (subject to hydrolysis) is 1. The highest BCUT2D eigenvalue weighted by Gasteiger charge is 2.37. The lowest BCUT2D eigenvalue weighted by atomic mass is 9.98. The zero-order valence-corrected chi connectivity index (χ0v) is 23.8. The van der Waals surface area contributed by atoms with E-state index in [1.54, 1.807) is 45.0 Å². The maximum atomic E-state index is 14.1. The number of rotatable bonds is 12. The Morgan fingerprint density at radius 1 is 1.05 bits per heavy atom. The van der Waals surface area contributed by atoms with E-state index >= 15 is 0 Å². The van der Waals surface area contributed by atoms with E-state index in [9.17, 15) is 19.2 Å². The van der Waals surface area contributed by atoms with Crippen molar-refractivity contribution in [1.82, 2.24) is 15.5 Å². The van der Waals surface area contributed by atoms with Gasteiger partial charge in [0.25, 0.3) is 0 Å². The van der Waals surface area contributed by atoms with Crippen molar-refractivity contribution >= 4 is 23.8 Å². The SMILES string of the molecule is C#Cc1ccc(C(C(=O)NC(C)(C)C)N(CCCCC)C(=O)C(CCC(N)=O)NC(=O)OC(C)(C)C)cc1. The fraction of sp³-hybridized carbons (Fsp3) is 0.586. The minimum atomic E-state index is -1.13. The van der Waals surface area contributed by atoms with Gasteiger partial charge in [-0.05, 0) is 72.1 Å². The fourth-order valence-corrected chi connectivity index (χ4v) is 3.77. The first-order valence-electron chi connectivity index (χ1n) is 13.0. The summed E-state index contributed by atoms with van der Waals surface area (Å²) in [4.78, 5) is 53.4. The van der Waals surface area contributed by atoms with Gasteiger partial charge in [0.2, 0.25) is 17.7 Å². The monoisotopic (exact) mass is 528 g/mol. The Labute approximate surface area is 227 Å². The van der Waals surface area contributed by atoms with E-state index in [1.165, 1.54) is 4.90 Å². The summed E-state index contributed by atoms with van der Waals surface area (Å²) in [5.41, 5.74) is 5.21. The van der Waals surface area contributed by atoms with Crippen molar-refractivity contribution in [1.29, 1.82) is 0 Å². The second kappa shape index (κ2) is 14.4. The highest BCUT2D eigenvalue weighted by molar-refractivity contribution is 5.92. The Morgan fingerprint density at radius 2 is 1.66 bits per heavy atom. The molecule has 0 radical (unpaired) electrons. The molecule has 0 aliphatic heterocycles. The van der Waals surface area contributed by atoms with Gasteiger partial charge in [0, 0.05) is 24.1 Å². The number of benzene rings is 1. The number of carbonyl (C=O) groups excluding carboxylic acids is 4. The van der Waals surface area contributed by atoms with Crippen LogP contribution in [0.5, 0.6) is 0 Å². The lowest BCUT2D eigenvalue weighted by molar-refractivity contribution is -0.143. The van der Waals surface area contributed by atoms with E-state index in [1.807, 2.05) is 27.7 Å². The number of hydrogen-bond donors (Lipinski definition) is 3. The molecule has 0 aliphatic carbocycles. The molecule has 1 aromatic carbocycles. The van der Waals surface area contributed by atoms with Crippen LogP contribution in [0.1, 0.15) is 97.7 Å². The number of hydrogen-bond acceptors (Lipinski definition) is 5. The van der Waals surface area contributed by atoms with Gasteiger partial charge in [0.05, 0.1) is 0 Å². The van der Waals surface area contributed by atoms with Crippen LogP contribution in [0.2, 0.25) is 0 Å². The maximum absolute atomic E-state index is 14.1. The van der Waals surface area contributed by atoms with Gasteiger partial charge in [-0.3, -0.25) is 14.4 Å². The number of amides is 4. The minimum absolute atomic E-state index is 0.0403. The molecule has 9 nitrogen and oxygen atoms in total. The molecule has 1 rings (SSSR count). The van der Waals surface area contributed by atoms with Crippen LogP contribution >= 0.6 is 0 Å². The average molecular weight is 529 g/mol. The number of primary amides is 1. The quantitative estimate of drug-likeness (QED) is 0.281. The molecule has 2 unspecified atom stereocenters. The van der Waals surface area contributed by atoms with Crippen LogP contribution < -0.4 is 16.4 Å². The van der Waals surface area contributed by atoms with Crippen LogP contribution in [0, 0.1) is 12.3 Å². The van der Waals surface area contributed by atoms with E-state index < -0.39 is 41.1 Å². The third-order valence-electron chi connectivity index (χ3n) is 5.41. The predicted molar refractivity (Wildman–Crippen MR) is 148 cm³/mol. The number of ether oxygens (including phenoxy) is 1. The lowest BCUT2D eigenvalue weighted by Crippen LogP contribution is -2.55. The van der Waals surface area contributed by atoms with Crippen LogP contribution in [0.3, 0.4) is 0 Å². The molecule has 0 aromatic heterocycles. The van der Waals surface area contributed by atoms with Gasteiger partial charge in [-0.15, -0.1) is 6.42 Å². The summed E-state index contributed by atoms with van der Waals surface area (Å²) in [7, 11) is 0. The molecule has 0 fully saturated rings. The molecule has 0 saturated heterocycles. The Balaban J connectivity index is 3.56. The van der Waals surface area contributed by atoms with Crippen molar-refractivity contribution in [3.63, 3.8) is 0 Å². The normalized spacial score (nSPS) is 13.0. The van der Waals surface area contributed by atoms with Crippen molar-refractivity contribution in [2.24, 2.45) is 5.73 Å². The van der Waals surface area contributed by atoms with E-state index in [2.05, 4.69) is 16.6 Å². The van der Waals surface area contributed by atoms with Crippen LogP contribution in [0.25, 0.3) is 0 Å². The number of unbranched alkanes of at least 4 members (excludes halogenated alkanes) is 2. The van der Waals surface area contributed by atoms with Gasteiger partial charge in [-0.1, -0.05) is 37.8 Å². The van der Waals surface area contributed by atoms with Crippen molar-refractivity contribution in [3.8, 4) is 12.3 Å². The maximum Gasteiger partial charge on any atom is 0.408 e. The number of nitrogens with zero attached hydrogens (tertiary/aromatic N) is 1. The van der Waals surface area contributed by atoms with Crippen molar-refractivity contribution in [2.75, 3.05) is 6.54 Å². The molecule has 38 heavy (non-hydrogen) atoms. The van der Waals surface area contributed by atoms with Gasteiger partial charge in [0.1, 0.15) is 17.7 Å².